The van der Waals surface area contributed by atoms with E-state index in [1.807, 2.05) is 13.1 Å². The Balaban J connectivity index is 1.35. The molecule has 0 aliphatic carbocycles. The van der Waals surface area contributed by atoms with E-state index in [2.05, 4.69) is 55.2 Å². The summed E-state index contributed by atoms with van der Waals surface area (Å²) in [5, 5.41) is 6.96. The van der Waals surface area contributed by atoms with E-state index in [1.54, 1.807) is 7.11 Å². The van der Waals surface area contributed by atoms with Gasteiger partial charge in [-0.15, -0.1) is 0 Å². The van der Waals surface area contributed by atoms with Crippen LogP contribution >= 0.6 is 0 Å². The first-order chi connectivity index (χ1) is 14.2. The van der Waals surface area contributed by atoms with E-state index in [4.69, 9.17) is 4.74 Å². The molecule has 7 heteroatoms. The molecule has 1 fully saturated rings. The van der Waals surface area contributed by atoms with E-state index in [-0.39, 0.29) is 0 Å². The van der Waals surface area contributed by atoms with Crippen molar-refractivity contribution in [1.29, 1.82) is 0 Å². The molecule has 2 N–H and O–H groups in total. The zero-order valence-electron chi connectivity index (χ0n) is 18.2. The number of hydrogen-bond acceptors (Lipinski definition) is 4. The van der Waals surface area contributed by atoms with Gasteiger partial charge >= 0.3 is 0 Å². The number of rotatable bonds is 9. The number of likely N-dealkylation sites (tertiary alicyclic amines) is 1. The van der Waals surface area contributed by atoms with Gasteiger partial charge in [-0.2, -0.15) is 0 Å². The average molecular weight is 401 g/mol. The number of hydrogen-bond donors (Lipinski definition) is 2. The number of imidazole rings is 1. The minimum atomic E-state index is 0.715. The monoisotopic (exact) mass is 400 g/mol. The third kappa shape index (κ3) is 6.18. The highest BCUT2D eigenvalue weighted by Gasteiger charge is 2.19. The Labute approximate surface area is 174 Å². The van der Waals surface area contributed by atoms with Crippen LogP contribution in [0.2, 0.25) is 0 Å². The van der Waals surface area contributed by atoms with Crippen LogP contribution in [0.1, 0.15) is 25.1 Å². The summed E-state index contributed by atoms with van der Waals surface area (Å²) in [5.74, 6) is 2.69. The Morgan fingerprint density at radius 1 is 1.21 bits per heavy atom. The van der Waals surface area contributed by atoms with Gasteiger partial charge in [-0.05, 0) is 57.3 Å². The van der Waals surface area contributed by atoms with Crippen molar-refractivity contribution < 1.29 is 4.74 Å². The fourth-order valence-corrected chi connectivity index (χ4v) is 4.02. The van der Waals surface area contributed by atoms with Crippen LogP contribution in [-0.4, -0.2) is 73.9 Å². The van der Waals surface area contributed by atoms with Gasteiger partial charge in [0.05, 0.1) is 17.6 Å². The molecule has 29 heavy (non-hydrogen) atoms. The fraction of sp³-hybridized carbons (Fsp3) is 0.636. The quantitative estimate of drug-likeness (QED) is 0.384. The maximum atomic E-state index is 5.18. The summed E-state index contributed by atoms with van der Waals surface area (Å²) in [6, 6.07) is 8.33. The van der Waals surface area contributed by atoms with Gasteiger partial charge in [-0.3, -0.25) is 4.99 Å². The van der Waals surface area contributed by atoms with E-state index >= 15 is 0 Å². The number of ether oxygens (including phenoxy) is 1. The highest BCUT2D eigenvalue weighted by molar-refractivity contribution is 5.79. The fourth-order valence-electron chi connectivity index (χ4n) is 4.02. The predicted molar refractivity (Wildman–Crippen MR) is 119 cm³/mol. The number of piperidine rings is 1. The summed E-state index contributed by atoms with van der Waals surface area (Å²) in [4.78, 5) is 11.5. The number of aromatic nitrogens is 2. The minimum Gasteiger partial charge on any atom is -0.383 e. The van der Waals surface area contributed by atoms with Gasteiger partial charge in [0.2, 0.25) is 0 Å². The normalized spacial score (nSPS) is 16.4. The van der Waals surface area contributed by atoms with E-state index in [9.17, 15) is 0 Å². The molecule has 2 aromatic rings. The number of para-hydroxylation sites is 2. The van der Waals surface area contributed by atoms with Crippen molar-refractivity contribution in [3.8, 4) is 0 Å². The van der Waals surface area contributed by atoms with Crippen LogP contribution in [0.4, 0.5) is 0 Å². The molecule has 0 unspecified atom stereocenters. The molecule has 0 saturated carbocycles. The first-order valence-corrected chi connectivity index (χ1v) is 10.8. The van der Waals surface area contributed by atoms with Crippen molar-refractivity contribution in [2.24, 2.45) is 10.9 Å². The number of nitrogens with one attached hydrogen (secondary N) is 2. The second-order valence-corrected chi connectivity index (χ2v) is 7.81. The zero-order chi connectivity index (χ0) is 20.5. The zero-order valence-corrected chi connectivity index (χ0v) is 18.2. The summed E-state index contributed by atoms with van der Waals surface area (Å²) in [6.45, 7) is 9.12. The Bertz CT molecular complexity index is 779. The van der Waals surface area contributed by atoms with Crippen molar-refractivity contribution >= 4 is 17.0 Å². The Hall–Kier alpha value is -2.12. The smallest absolute Gasteiger partial charge is 0.190 e. The molecule has 1 aliphatic heterocycles. The number of methoxy groups -OCH3 is 1. The highest BCUT2D eigenvalue weighted by Crippen LogP contribution is 2.16. The first kappa shape index (κ1) is 21.6. The molecular formula is C22H36N6O. The predicted octanol–water partition coefficient (Wildman–Crippen LogP) is 2.26. The molecule has 0 amide bonds. The molecule has 0 radical (unpaired) electrons. The van der Waals surface area contributed by atoms with Crippen molar-refractivity contribution in [2.45, 2.75) is 32.7 Å². The van der Waals surface area contributed by atoms with Crippen LogP contribution in [0.5, 0.6) is 0 Å². The van der Waals surface area contributed by atoms with Crippen molar-refractivity contribution in [1.82, 2.24) is 25.1 Å². The molecule has 1 aromatic carbocycles. The van der Waals surface area contributed by atoms with Gasteiger partial charge in [-0.25, -0.2) is 4.98 Å². The molecular weight excluding hydrogens is 364 g/mol. The second-order valence-electron chi connectivity index (χ2n) is 7.81. The third-order valence-electron chi connectivity index (χ3n) is 5.80. The maximum Gasteiger partial charge on any atom is 0.190 e. The van der Waals surface area contributed by atoms with Crippen LogP contribution < -0.4 is 10.6 Å². The lowest BCUT2D eigenvalue weighted by atomic mass is 9.97. The van der Waals surface area contributed by atoms with Crippen LogP contribution in [-0.2, 0) is 11.3 Å². The van der Waals surface area contributed by atoms with Crippen molar-refractivity contribution in [3.63, 3.8) is 0 Å². The topological polar surface area (TPSA) is 66.7 Å². The molecule has 7 nitrogen and oxygen atoms in total. The van der Waals surface area contributed by atoms with Crippen LogP contribution in [0.3, 0.4) is 0 Å². The molecule has 3 rings (SSSR count). The van der Waals surface area contributed by atoms with Gasteiger partial charge in [0.25, 0.3) is 0 Å². The summed E-state index contributed by atoms with van der Waals surface area (Å²) >= 11 is 0. The SMILES string of the molecule is CN=C(NCCCn1c(C)nc2ccccc21)NCC1CCN(CCOC)CC1. The standard InChI is InChI=1S/C22H36N6O/c1-18-26-20-7-4-5-8-21(20)28(18)12-6-11-24-22(23-2)25-17-19-9-13-27(14-10-19)15-16-29-3/h4-5,7-8,19H,6,9-17H2,1-3H3,(H2,23,24,25). The lowest BCUT2D eigenvalue weighted by Crippen LogP contribution is -2.43. The summed E-state index contributed by atoms with van der Waals surface area (Å²) in [6.07, 6.45) is 3.50. The van der Waals surface area contributed by atoms with Gasteiger partial charge in [-0.1, -0.05) is 12.1 Å². The Morgan fingerprint density at radius 3 is 2.76 bits per heavy atom. The third-order valence-corrected chi connectivity index (χ3v) is 5.80. The number of benzene rings is 1. The van der Waals surface area contributed by atoms with Crippen molar-refractivity contribution in [2.75, 3.05) is 53.5 Å². The van der Waals surface area contributed by atoms with Crippen LogP contribution in [0.25, 0.3) is 11.0 Å². The van der Waals surface area contributed by atoms with Crippen LogP contribution in [0, 0.1) is 12.8 Å². The molecule has 1 aliphatic rings. The molecule has 0 atom stereocenters. The summed E-state index contributed by atoms with van der Waals surface area (Å²) < 4.78 is 7.48. The lowest BCUT2D eigenvalue weighted by Gasteiger charge is -2.32. The number of aryl methyl sites for hydroxylation is 2. The average Bonchev–Trinajstić information content (AvgIpc) is 3.07. The lowest BCUT2D eigenvalue weighted by molar-refractivity contribution is 0.121. The highest BCUT2D eigenvalue weighted by atomic mass is 16.5. The second kappa shape index (κ2) is 11.2. The van der Waals surface area contributed by atoms with E-state index in [0.29, 0.717) is 5.92 Å². The van der Waals surface area contributed by atoms with Crippen LogP contribution in [0.15, 0.2) is 29.3 Å². The Kier molecular flexibility index (Phi) is 8.31. The van der Waals surface area contributed by atoms with E-state index in [0.717, 1.165) is 56.5 Å². The minimum absolute atomic E-state index is 0.715. The van der Waals surface area contributed by atoms with Gasteiger partial charge in [0, 0.05) is 40.3 Å². The number of fused-ring (bicyclic) bond motifs is 1. The first-order valence-electron chi connectivity index (χ1n) is 10.8. The molecule has 1 aromatic heterocycles. The van der Waals surface area contributed by atoms with E-state index in [1.165, 1.54) is 31.4 Å². The summed E-state index contributed by atoms with van der Waals surface area (Å²) in [5.41, 5.74) is 2.29. The Morgan fingerprint density at radius 2 is 2.00 bits per heavy atom. The molecule has 0 spiro atoms. The van der Waals surface area contributed by atoms with Gasteiger partial charge in [0.1, 0.15) is 5.82 Å². The van der Waals surface area contributed by atoms with E-state index < -0.39 is 0 Å². The number of nitrogens with zero attached hydrogens (tertiary/aromatic N) is 4. The van der Waals surface area contributed by atoms with Crippen molar-refractivity contribution in [3.05, 3.63) is 30.1 Å². The molecule has 1 saturated heterocycles. The summed E-state index contributed by atoms with van der Waals surface area (Å²) in [7, 11) is 3.62. The molecule has 0 bridgehead atoms. The molecule has 160 valence electrons. The van der Waals surface area contributed by atoms with Gasteiger partial charge < -0.3 is 24.8 Å². The largest absolute Gasteiger partial charge is 0.383 e. The maximum absolute atomic E-state index is 5.18. The number of aliphatic imine (C=N–C) groups is 1. The van der Waals surface area contributed by atoms with Gasteiger partial charge in [0.15, 0.2) is 5.96 Å². The molecule has 2 heterocycles. The number of guanidine groups is 1.